The number of nitrogens with one attached hydrogen (secondary N) is 1. The molecule has 1 aromatic carbocycles. The van der Waals surface area contributed by atoms with Gasteiger partial charge in [-0.2, -0.15) is 0 Å². The summed E-state index contributed by atoms with van der Waals surface area (Å²) in [6, 6.07) is 7.70. The van der Waals surface area contributed by atoms with Crippen LogP contribution >= 0.6 is 39.0 Å². The van der Waals surface area contributed by atoms with E-state index >= 15 is 0 Å². The van der Waals surface area contributed by atoms with Crippen LogP contribution in [0.3, 0.4) is 0 Å². The summed E-state index contributed by atoms with van der Waals surface area (Å²) in [7, 11) is 0. The molecule has 0 atom stereocenters. The Morgan fingerprint density at radius 2 is 2.30 bits per heavy atom. The number of amides is 1. The number of hydrogen-bond donors (Lipinski definition) is 1. The Labute approximate surface area is 134 Å². The van der Waals surface area contributed by atoms with Crippen molar-refractivity contribution in [1.82, 2.24) is 10.2 Å². The molecule has 4 nitrogen and oxygen atoms in total. The van der Waals surface area contributed by atoms with Gasteiger partial charge in [0.1, 0.15) is 0 Å². The predicted octanol–water partition coefficient (Wildman–Crippen LogP) is 3.98. The fraction of sp³-hybridized carbons (Fsp3) is 0.308. The Balaban J connectivity index is 1.89. The monoisotopic (exact) mass is 371 g/mol. The number of aromatic nitrogens is 2. The summed E-state index contributed by atoms with van der Waals surface area (Å²) < 4.78 is 1.86. The number of nitrogens with zero attached hydrogens (tertiary/aromatic N) is 2. The number of hydrogen-bond acceptors (Lipinski definition) is 5. The smallest absolute Gasteiger partial charge is 0.230 e. The first-order chi connectivity index (χ1) is 9.67. The zero-order chi connectivity index (χ0) is 14.4. The zero-order valence-corrected chi connectivity index (χ0v) is 14.1. The van der Waals surface area contributed by atoms with Crippen molar-refractivity contribution >= 4 is 50.1 Å². The van der Waals surface area contributed by atoms with E-state index < -0.39 is 0 Å². The van der Waals surface area contributed by atoms with Gasteiger partial charge in [0, 0.05) is 10.2 Å². The first kappa shape index (κ1) is 15.5. The van der Waals surface area contributed by atoms with Crippen LogP contribution in [0.2, 0.25) is 0 Å². The van der Waals surface area contributed by atoms with Crippen LogP contribution in [0, 0.1) is 0 Å². The van der Waals surface area contributed by atoms with Gasteiger partial charge in [0.25, 0.3) is 0 Å². The van der Waals surface area contributed by atoms with Crippen molar-refractivity contribution in [3.05, 3.63) is 34.3 Å². The SMILES string of the molecule is CCCSc1nnc(NC(=O)Cc2cccc(Br)c2)s1. The summed E-state index contributed by atoms with van der Waals surface area (Å²) >= 11 is 6.47. The van der Waals surface area contributed by atoms with Crippen molar-refractivity contribution in [2.75, 3.05) is 11.1 Å². The van der Waals surface area contributed by atoms with Crippen LogP contribution in [0.4, 0.5) is 5.13 Å². The Morgan fingerprint density at radius 1 is 1.45 bits per heavy atom. The largest absolute Gasteiger partial charge is 0.300 e. The molecule has 0 spiro atoms. The third-order valence-corrected chi connectivity index (χ3v) is 5.01. The number of rotatable bonds is 6. The van der Waals surface area contributed by atoms with Crippen LogP contribution in [0.25, 0.3) is 0 Å². The highest BCUT2D eigenvalue weighted by atomic mass is 79.9. The fourth-order valence-electron chi connectivity index (χ4n) is 1.50. The third-order valence-electron chi connectivity index (χ3n) is 2.34. The van der Waals surface area contributed by atoms with Crippen LogP contribution < -0.4 is 5.32 Å². The average Bonchev–Trinajstić information content (AvgIpc) is 2.83. The van der Waals surface area contributed by atoms with E-state index in [0.717, 1.165) is 26.5 Å². The van der Waals surface area contributed by atoms with Crippen LogP contribution in [-0.2, 0) is 11.2 Å². The van der Waals surface area contributed by atoms with Gasteiger partial charge in [0.05, 0.1) is 6.42 Å². The van der Waals surface area contributed by atoms with Crippen molar-refractivity contribution in [2.24, 2.45) is 0 Å². The van der Waals surface area contributed by atoms with Gasteiger partial charge in [-0.15, -0.1) is 10.2 Å². The summed E-state index contributed by atoms with van der Waals surface area (Å²) in [5, 5.41) is 11.4. The number of anilines is 1. The molecule has 1 heterocycles. The van der Waals surface area contributed by atoms with E-state index in [9.17, 15) is 4.79 Å². The van der Waals surface area contributed by atoms with E-state index in [-0.39, 0.29) is 5.91 Å². The number of carbonyl (C=O) groups is 1. The van der Waals surface area contributed by atoms with Gasteiger partial charge in [-0.25, -0.2) is 0 Å². The van der Waals surface area contributed by atoms with E-state index in [1.165, 1.54) is 11.3 Å². The van der Waals surface area contributed by atoms with Crippen LogP contribution in [0.1, 0.15) is 18.9 Å². The summed E-state index contributed by atoms with van der Waals surface area (Å²) in [6.45, 7) is 2.12. The maximum Gasteiger partial charge on any atom is 0.230 e. The van der Waals surface area contributed by atoms with Crippen molar-refractivity contribution in [3.8, 4) is 0 Å². The maximum atomic E-state index is 11.9. The van der Waals surface area contributed by atoms with Gasteiger partial charge < -0.3 is 5.32 Å². The Morgan fingerprint density at radius 3 is 3.05 bits per heavy atom. The highest BCUT2D eigenvalue weighted by molar-refractivity contribution is 9.10. The van der Waals surface area contributed by atoms with Crippen molar-refractivity contribution in [1.29, 1.82) is 0 Å². The van der Waals surface area contributed by atoms with E-state index in [2.05, 4.69) is 38.4 Å². The molecule has 0 aliphatic heterocycles. The minimum Gasteiger partial charge on any atom is -0.300 e. The minimum absolute atomic E-state index is 0.0775. The van der Waals surface area contributed by atoms with Gasteiger partial charge >= 0.3 is 0 Å². The molecule has 1 amide bonds. The molecule has 0 fully saturated rings. The summed E-state index contributed by atoms with van der Waals surface area (Å²) in [5.74, 6) is 0.937. The second-order valence-electron chi connectivity index (χ2n) is 4.08. The second-order valence-corrected chi connectivity index (χ2v) is 7.31. The molecule has 20 heavy (non-hydrogen) atoms. The van der Waals surface area contributed by atoms with Crippen molar-refractivity contribution < 1.29 is 4.79 Å². The lowest BCUT2D eigenvalue weighted by Crippen LogP contribution is -2.14. The van der Waals surface area contributed by atoms with Gasteiger partial charge in [0.15, 0.2) is 4.34 Å². The highest BCUT2D eigenvalue weighted by Crippen LogP contribution is 2.25. The molecule has 0 saturated carbocycles. The Bertz CT molecular complexity index is 589. The topological polar surface area (TPSA) is 54.9 Å². The van der Waals surface area contributed by atoms with E-state index in [1.54, 1.807) is 11.8 Å². The van der Waals surface area contributed by atoms with Gasteiger partial charge in [-0.05, 0) is 24.1 Å². The van der Waals surface area contributed by atoms with Crippen molar-refractivity contribution in [2.45, 2.75) is 24.1 Å². The minimum atomic E-state index is -0.0775. The van der Waals surface area contributed by atoms with Crippen LogP contribution in [0.5, 0.6) is 0 Å². The molecule has 1 N–H and O–H groups in total. The first-order valence-electron chi connectivity index (χ1n) is 6.18. The lowest BCUT2D eigenvalue weighted by atomic mass is 10.1. The Kier molecular flexibility index (Phi) is 6.00. The molecule has 106 valence electrons. The fourth-order valence-corrected chi connectivity index (χ4v) is 3.64. The average molecular weight is 372 g/mol. The maximum absolute atomic E-state index is 11.9. The number of halogens is 1. The standard InChI is InChI=1S/C13H14BrN3OS2/c1-2-6-19-13-17-16-12(20-13)15-11(18)8-9-4-3-5-10(14)7-9/h3-5,7H,2,6,8H2,1H3,(H,15,16,18). The van der Waals surface area contributed by atoms with Crippen molar-refractivity contribution in [3.63, 3.8) is 0 Å². The van der Waals surface area contributed by atoms with E-state index in [1.807, 2.05) is 24.3 Å². The number of benzene rings is 1. The number of carbonyl (C=O) groups excluding carboxylic acids is 1. The summed E-state index contributed by atoms with van der Waals surface area (Å²) in [4.78, 5) is 11.9. The zero-order valence-electron chi connectivity index (χ0n) is 10.9. The molecule has 0 bridgehead atoms. The third kappa shape index (κ3) is 4.88. The number of thioether (sulfide) groups is 1. The lowest BCUT2D eigenvalue weighted by molar-refractivity contribution is -0.115. The molecular formula is C13H14BrN3OS2. The van der Waals surface area contributed by atoms with Crippen LogP contribution in [0.15, 0.2) is 33.1 Å². The highest BCUT2D eigenvalue weighted by Gasteiger charge is 2.09. The molecule has 0 aliphatic carbocycles. The first-order valence-corrected chi connectivity index (χ1v) is 8.77. The quantitative estimate of drug-likeness (QED) is 0.616. The second kappa shape index (κ2) is 7.75. The van der Waals surface area contributed by atoms with E-state index in [0.29, 0.717) is 11.6 Å². The molecule has 7 heteroatoms. The molecular weight excluding hydrogens is 358 g/mol. The van der Waals surface area contributed by atoms with Gasteiger partial charge in [-0.3, -0.25) is 4.79 Å². The molecule has 0 saturated heterocycles. The molecule has 0 unspecified atom stereocenters. The predicted molar refractivity (Wildman–Crippen MR) is 87.4 cm³/mol. The van der Waals surface area contributed by atoms with Gasteiger partial charge in [0.2, 0.25) is 11.0 Å². The summed E-state index contributed by atoms with van der Waals surface area (Å²) in [5.41, 5.74) is 0.960. The van der Waals surface area contributed by atoms with Gasteiger partial charge in [-0.1, -0.05) is 58.1 Å². The Hall–Kier alpha value is -0.920. The van der Waals surface area contributed by atoms with Crippen LogP contribution in [-0.4, -0.2) is 21.9 Å². The molecule has 1 aromatic heterocycles. The molecule has 0 aliphatic rings. The van der Waals surface area contributed by atoms with E-state index in [4.69, 9.17) is 0 Å². The molecule has 0 radical (unpaired) electrons. The molecule has 2 aromatic rings. The normalized spacial score (nSPS) is 10.5. The summed E-state index contributed by atoms with van der Waals surface area (Å²) in [6.07, 6.45) is 1.42. The molecule has 2 rings (SSSR count). The lowest BCUT2D eigenvalue weighted by Gasteiger charge is -2.01.